The molecule has 5 heteroatoms. The quantitative estimate of drug-likeness (QED) is 0.839. The van der Waals surface area contributed by atoms with E-state index >= 15 is 0 Å². The van der Waals surface area contributed by atoms with Gasteiger partial charge < -0.3 is 4.74 Å². The Bertz CT molecular complexity index is 484. The number of rotatable bonds is 2. The minimum absolute atomic E-state index is 0.444. The van der Waals surface area contributed by atoms with Crippen LogP contribution in [0.1, 0.15) is 23.7 Å². The van der Waals surface area contributed by atoms with Crippen LogP contribution in [0, 0.1) is 0 Å². The van der Waals surface area contributed by atoms with Crippen LogP contribution in [0.5, 0.6) is 0 Å². The highest BCUT2D eigenvalue weighted by molar-refractivity contribution is 7.89. The fourth-order valence-corrected chi connectivity index (χ4v) is 3.35. The van der Waals surface area contributed by atoms with E-state index in [1.54, 1.807) is 0 Å². The van der Waals surface area contributed by atoms with Crippen molar-refractivity contribution >= 4 is 10.0 Å². The van der Waals surface area contributed by atoms with Gasteiger partial charge in [0.25, 0.3) is 0 Å². The van der Waals surface area contributed by atoms with E-state index < -0.39 is 21.4 Å². The maximum absolute atomic E-state index is 11.5. The van der Waals surface area contributed by atoms with Crippen LogP contribution in [-0.4, -0.2) is 20.8 Å². The molecule has 0 heterocycles. The smallest absolute Gasteiger partial charge is 0.214 e. The monoisotopic (exact) mass is 241 g/mol. The first kappa shape index (κ1) is 11.6. The number of hydrogen-bond acceptors (Lipinski definition) is 3. The molecule has 0 saturated heterocycles. The second-order valence-electron chi connectivity index (χ2n) is 4.02. The van der Waals surface area contributed by atoms with Gasteiger partial charge in [0.15, 0.2) is 0 Å². The maximum atomic E-state index is 11.5. The van der Waals surface area contributed by atoms with Crippen molar-refractivity contribution in [3.05, 3.63) is 35.4 Å². The SMILES string of the molecule is CO[C@H]1c2ccccc2CC[C@@H]1S(N)(=O)=O. The van der Waals surface area contributed by atoms with Crippen LogP contribution in [0.15, 0.2) is 24.3 Å². The van der Waals surface area contributed by atoms with Crippen molar-refractivity contribution in [1.29, 1.82) is 0 Å². The standard InChI is InChI=1S/C11H15NO3S/c1-15-11-9-5-3-2-4-8(9)6-7-10(11)16(12,13)14/h2-5,10-11H,6-7H2,1H3,(H2,12,13,14)/t10-,11-/m0/s1. The third-order valence-electron chi connectivity index (χ3n) is 3.07. The largest absolute Gasteiger partial charge is 0.375 e. The number of ether oxygens (including phenoxy) is 1. The van der Waals surface area contributed by atoms with E-state index in [0.29, 0.717) is 6.42 Å². The molecular weight excluding hydrogens is 226 g/mol. The van der Waals surface area contributed by atoms with Gasteiger partial charge in [-0.2, -0.15) is 0 Å². The summed E-state index contributed by atoms with van der Waals surface area (Å²) >= 11 is 0. The Morgan fingerprint density at radius 2 is 2.06 bits per heavy atom. The van der Waals surface area contributed by atoms with Crippen LogP contribution in [0.2, 0.25) is 0 Å². The highest BCUT2D eigenvalue weighted by Crippen LogP contribution is 2.35. The second kappa shape index (κ2) is 4.16. The summed E-state index contributed by atoms with van der Waals surface area (Å²) in [5.41, 5.74) is 2.09. The average molecular weight is 241 g/mol. The molecule has 1 aromatic rings. The molecule has 0 aliphatic heterocycles. The number of nitrogens with two attached hydrogens (primary N) is 1. The van der Waals surface area contributed by atoms with Crippen molar-refractivity contribution in [3.8, 4) is 0 Å². The molecule has 0 unspecified atom stereocenters. The summed E-state index contributed by atoms with van der Waals surface area (Å²) in [6.45, 7) is 0. The summed E-state index contributed by atoms with van der Waals surface area (Å²) < 4.78 is 28.2. The molecule has 1 aliphatic carbocycles. The summed E-state index contributed by atoms with van der Waals surface area (Å²) in [4.78, 5) is 0. The average Bonchev–Trinajstić information content (AvgIpc) is 2.26. The van der Waals surface area contributed by atoms with Gasteiger partial charge in [-0.1, -0.05) is 24.3 Å². The first-order valence-electron chi connectivity index (χ1n) is 5.16. The molecule has 16 heavy (non-hydrogen) atoms. The molecule has 0 bridgehead atoms. The number of methoxy groups -OCH3 is 1. The lowest BCUT2D eigenvalue weighted by Crippen LogP contribution is -2.38. The fraction of sp³-hybridized carbons (Fsp3) is 0.455. The molecule has 0 saturated carbocycles. The Kier molecular flexibility index (Phi) is 3.01. The van der Waals surface area contributed by atoms with Crippen molar-refractivity contribution in [2.24, 2.45) is 5.14 Å². The van der Waals surface area contributed by atoms with Crippen LogP contribution >= 0.6 is 0 Å². The summed E-state index contributed by atoms with van der Waals surface area (Å²) in [5, 5.41) is 4.59. The Morgan fingerprint density at radius 3 is 2.69 bits per heavy atom. The first-order valence-corrected chi connectivity index (χ1v) is 6.77. The lowest BCUT2D eigenvalue weighted by Gasteiger charge is -2.30. The van der Waals surface area contributed by atoms with Crippen molar-refractivity contribution in [2.45, 2.75) is 24.2 Å². The molecule has 0 spiro atoms. The summed E-state index contributed by atoms with van der Waals surface area (Å²) in [7, 11) is -2.04. The summed E-state index contributed by atoms with van der Waals surface area (Å²) in [5.74, 6) is 0. The lowest BCUT2D eigenvalue weighted by molar-refractivity contribution is 0.0908. The van der Waals surface area contributed by atoms with E-state index in [4.69, 9.17) is 9.88 Å². The zero-order valence-corrected chi connectivity index (χ0v) is 9.91. The molecule has 2 rings (SSSR count). The topological polar surface area (TPSA) is 69.4 Å². The molecular formula is C11H15NO3S. The minimum atomic E-state index is -3.55. The van der Waals surface area contributed by atoms with E-state index in [9.17, 15) is 8.42 Å². The lowest BCUT2D eigenvalue weighted by atomic mass is 9.89. The van der Waals surface area contributed by atoms with Gasteiger partial charge >= 0.3 is 0 Å². The Labute approximate surface area is 95.5 Å². The molecule has 2 N–H and O–H groups in total. The van der Waals surface area contributed by atoms with Gasteiger partial charge in [0.2, 0.25) is 10.0 Å². The van der Waals surface area contributed by atoms with Crippen molar-refractivity contribution in [3.63, 3.8) is 0 Å². The van der Waals surface area contributed by atoms with E-state index in [1.165, 1.54) is 7.11 Å². The van der Waals surface area contributed by atoms with Gasteiger partial charge in [-0.05, 0) is 24.0 Å². The minimum Gasteiger partial charge on any atom is -0.375 e. The van der Waals surface area contributed by atoms with E-state index in [1.807, 2.05) is 24.3 Å². The Hall–Kier alpha value is -0.910. The van der Waals surface area contributed by atoms with E-state index in [-0.39, 0.29) is 0 Å². The maximum Gasteiger partial charge on any atom is 0.214 e. The molecule has 0 aromatic heterocycles. The van der Waals surface area contributed by atoms with Crippen LogP contribution in [0.3, 0.4) is 0 Å². The third kappa shape index (κ3) is 1.98. The van der Waals surface area contributed by atoms with Crippen molar-refractivity contribution < 1.29 is 13.2 Å². The Balaban J connectivity index is 2.45. The number of sulfonamides is 1. The van der Waals surface area contributed by atoms with E-state index in [0.717, 1.165) is 17.5 Å². The molecule has 1 aromatic carbocycles. The van der Waals surface area contributed by atoms with Crippen molar-refractivity contribution in [1.82, 2.24) is 0 Å². The zero-order chi connectivity index (χ0) is 11.8. The molecule has 4 nitrogen and oxygen atoms in total. The number of aryl methyl sites for hydroxylation is 1. The third-order valence-corrected chi connectivity index (χ3v) is 4.40. The first-order chi connectivity index (χ1) is 7.54. The number of primary sulfonamides is 1. The number of fused-ring (bicyclic) bond motifs is 1. The molecule has 0 amide bonds. The van der Waals surface area contributed by atoms with Gasteiger partial charge in [0.1, 0.15) is 11.4 Å². The predicted octanol–water partition coefficient (Wildman–Crippen LogP) is 0.977. The van der Waals surface area contributed by atoms with Crippen LogP contribution < -0.4 is 5.14 Å². The second-order valence-corrected chi connectivity index (χ2v) is 5.80. The van der Waals surface area contributed by atoms with Gasteiger partial charge in [-0.15, -0.1) is 0 Å². The molecule has 1 aliphatic rings. The predicted molar refractivity (Wildman–Crippen MR) is 61.4 cm³/mol. The van der Waals surface area contributed by atoms with Gasteiger partial charge in [0.05, 0.1) is 0 Å². The highest BCUT2D eigenvalue weighted by Gasteiger charge is 2.36. The number of hydrogen-bond donors (Lipinski definition) is 1. The summed E-state index contributed by atoms with van der Waals surface area (Å²) in [6, 6.07) is 7.74. The molecule has 0 fully saturated rings. The van der Waals surface area contributed by atoms with Crippen LogP contribution in [0.25, 0.3) is 0 Å². The van der Waals surface area contributed by atoms with Crippen molar-refractivity contribution in [2.75, 3.05) is 7.11 Å². The molecule has 0 radical (unpaired) electrons. The van der Waals surface area contributed by atoms with Gasteiger partial charge in [-0.3, -0.25) is 0 Å². The fourth-order valence-electron chi connectivity index (χ4n) is 2.30. The van der Waals surface area contributed by atoms with Crippen LogP contribution in [0.4, 0.5) is 0 Å². The summed E-state index contributed by atoms with van der Waals surface area (Å²) in [6.07, 6.45) is 0.811. The molecule has 88 valence electrons. The van der Waals surface area contributed by atoms with Gasteiger partial charge in [-0.25, -0.2) is 13.6 Å². The normalized spacial score (nSPS) is 25.1. The Morgan fingerprint density at radius 1 is 1.38 bits per heavy atom. The van der Waals surface area contributed by atoms with E-state index in [2.05, 4.69) is 0 Å². The van der Waals surface area contributed by atoms with Gasteiger partial charge in [0, 0.05) is 7.11 Å². The van der Waals surface area contributed by atoms with Crippen LogP contribution in [-0.2, 0) is 21.2 Å². The zero-order valence-electron chi connectivity index (χ0n) is 9.09. The highest BCUT2D eigenvalue weighted by atomic mass is 32.2. The molecule has 2 atom stereocenters. The number of benzene rings is 1.